The third kappa shape index (κ3) is 8.42. The molecule has 220 valence electrons. The van der Waals surface area contributed by atoms with Crippen molar-refractivity contribution >= 4 is 57.3 Å². The maximum atomic E-state index is 12.7. The number of benzene rings is 1. The van der Waals surface area contributed by atoms with Gasteiger partial charge in [0, 0.05) is 56.7 Å². The van der Waals surface area contributed by atoms with Crippen molar-refractivity contribution in [3.05, 3.63) is 81.8 Å². The minimum absolute atomic E-state index is 0.109. The van der Waals surface area contributed by atoms with Crippen molar-refractivity contribution in [3.63, 3.8) is 0 Å². The third-order valence-corrected chi connectivity index (χ3v) is 7.49. The van der Waals surface area contributed by atoms with Crippen molar-refractivity contribution in [2.45, 2.75) is 13.8 Å². The number of carboxylic acid groups (broad SMARTS) is 1. The van der Waals surface area contributed by atoms with Crippen LogP contribution in [0.4, 0.5) is 22.5 Å². The zero-order chi connectivity index (χ0) is 30.1. The van der Waals surface area contributed by atoms with Crippen LogP contribution in [-0.4, -0.2) is 81.1 Å². The fourth-order valence-electron chi connectivity index (χ4n) is 4.12. The first-order valence-electron chi connectivity index (χ1n) is 13.1. The molecule has 4 aromatic rings. The highest BCUT2D eigenvalue weighted by atomic mass is 35.5. The lowest BCUT2D eigenvalue weighted by Gasteiger charge is -2.35. The number of aromatic nitrogens is 4. The number of halogens is 1. The number of nitrogens with zero attached hydrogens (tertiary/aromatic N) is 6. The van der Waals surface area contributed by atoms with E-state index in [2.05, 4.69) is 40.4 Å². The van der Waals surface area contributed by atoms with Gasteiger partial charge in [0.1, 0.15) is 22.3 Å². The van der Waals surface area contributed by atoms with Crippen LogP contribution in [0.3, 0.4) is 0 Å². The molecule has 12 nitrogen and oxygen atoms in total. The van der Waals surface area contributed by atoms with E-state index in [1.54, 1.807) is 12.1 Å². The molecule has 0 unspecified atom stereocenters. The molecule has 4 heterocycles. The number of aliphatic hydroxyl groups is 1. The first-order chi connectivity index (χ1) is 20.2. The van der Waals surface area contributed by atoms with Crippen molar-refractivity contribution in [1.82, 2.24) is 24.8 Å². The minimum atomic E-state index is -1.19. The monoisotopic (exact) mass is 609 g/mol. The van der Waals surface area contributed by atoms with E-state index < -0.39 is 5.97 Å². The molecule has 0 radical (unpaired) electrons. The Balaban J connectivity index is 0.000000385. The number of piperazine rings is 1. The van der Waals surface area contributed by atoms with Crippen molar-refractivity contribution in [3.8, 4) is 0 Å². The molecule has 0 spiro atoms. The van der Waals surface area contributed by atoms with Gasteiger partial charge >= 0.3 is 0 Å². The second kappa shape index (κ2) is 14.6. The highest BCUT2D eigenvalue weighted by Crippen LogP contribution is 2.28. The van der Waals surface area contributed by atoms with Crippen molar-refractivity contribution < 1.29 is 19.8 Å². The topological polar surface area (TPSA) is 160 Å². The number of carboxylic acids is 1. The number of hydrogen-bond acceptors (Lipinski definition) is 12. The highest BCUT2D eigenvalue weighted by molar-refractivity contribution is 7.17. The summed E-state index contributed by atoms with van der Waals surface area (Å²) in [6.45, 7) is 8.03. The average Bonchev–Trinajstić information content (AvgIpc) is 3.45. The predicted octanol–water partition coefficient (Wildman–Crippen LogP) is 2.76. The van der Waals surface area contributed by atoms with Gasteiger partial charge < -0.3 is 30.5 Å². The maximum absolute atomic E-state index is 12.7. The predicted molar refractivity (Wildman–Crippen MR) is 161 cm³/mol. The number of rotatable bonds is 8. The summed E-state index contributed by atoms with van der Waals surface area (Å²) in [5, 5.41) is 26.3. The van der Waals surface area contributed by atoms with Crippen LogP contribution in [0, 0.1) is 13.8 Å². The normalized spacial score (nSPS) is 13.2. The molecule has 0 bridgehead atoms. The Morgan fingerprint density at radius 2 is 1.88 bits per heavy atom. The number of carbonyl (C=O) groups is 2. The van der Waals surface area contributed by atoms with E-state index >= 15 is 0 Å². The molecule has 3 aromatic heterocycles. The van der Waals surface area contributed by atoms with Crippen molar-refractivity contribution in [2.75, 3.05) is 54.9 Å². The van der Waals surface area contributed by atoms with Gasteiger partial charge in [-0.25, -0.2) is 15.0 Å². The summed E-state index contributed by atoms with van der Waals surface area (Å²) in [7, 11) is 0. The molecule has 1 amide bonds. The number of thiazole rings is 1. The number of anilines is 4. The van der Waals surface area contributed by atoms with Gasteiger partial charge in [0.25, 0.3) is 5.91 Å². The summed E-state index contributed by atoms with van der Waals surface area (Å²) in [5.41, 5.74) is 1.60. The van der Waals surface area contributed by atoms with Crippen LogP contribution >= 0.6 is 22.9 Å². The zero-order valence-corrected chi connectivity index (χ0v) is 24.7. The number of β-amino-alcohol motifs (C(OH)–C–C–N with tert-alkyl or cyclic N) is 1. The largest absolute Gasteiger partial charge is 0.545 e. The molecular weight excluding hydrogens is 580 g/mol. The highest BCUT2D eigenvalue weighted by Gasteiger charge is 2.19. The molecule has 0 aliphatic carbocycles. The molecule has 0 atom stereocenters. The molecule has 5 rings (SSSR count). The second-order valence-electron chi connectivity index (χ2n) is 9.28. The minimum Gasteiger partial charge on any atom is -0.545 e. The lowest BCUT2D eigenvalue weighted by atomic mass is 10.2. The lowest BCUT2D eigenvalue weighted by molar-refractivity contribution is -0.255. The summed E-state index contributed by atoms with van der Waals surface area (Å²) in [5.74, 6) is 0.660. The van der Waals surface area contributed by atoms with Crippen LogP contribution in [0.15, 0.2) is 55.0 Å². The molecule has 1 aromatic carbocycles. The van der Waals surface area contributed by atoms with Crippen molar-refractivity contribution in [1.29, 1.82) is 0 Å². The molecule has 3 N–H and O–H groups in total. The average molecular weight is 610 g/mol. The number of aliphatic hydroxyl groups excluding tert-OH is 1. The van der Waals surface area contributed by atoms with E-state index in [0.717, 1.165) is 37.6 Å². The number of nitrogens with one attached hydrogen (secondary N) is 2. The van der Waals surface area contributed by atoms with Crippen LogP contribution in [0.25, 0.3) is 0 Å². The zero-order valence-electron chi connectivity index (χ0n) is 23.1. The number of aromatic carboxylic acids is 1. The molecule has 1 saturated heterocycles. The van der Waals surface area contributed by atoms with E-state index in [9.17, 15) is 14.7 Å². The smallest absolute Gasteiger partial charge is 0.267 e. The summed E-state index contributed by atoms with van der Waals surface area (Å²) >= 11 is 7.46. The van der Waals surface area contributed by atoms with Crippen LogP contribution in [0.5, 0.6) is 0 Å². The van der Waals surface area contributed by atoms with Crippen molar-refractivity contribution in [2.24, 2.45) is 0 Å². The van der Waals surface area contributed by atoms with Gasteiger partial charge in [0.2, 0.25) is 0 Å². The van der Waals surface area contributed by atoms with Gasteiger partial charge in [0.15, 0.2) is 5.13 Å². The lowest BCUT2D eigenvalue weighted by Crippen LogP contribution is -2.47. The van der Waals surface area contributed by atoms with Crippen LogP contribution in [0.2, 0.25) is 5.02 Å². The van der Waals surface area contributed by atoms with Gasteiger partial charge in [-0.05, 0) is 31.5 Å². The van der Waals surface area contributed by atoms with Crippen LogP contribution in [0.1, 0.15) is 31.4 Å². The standard InChI is InChI=1S/C22H26ClN7O2S.C6H5NO2/c1-14-4-3-5-16(23)20(14)28-21(32)17-13-24-22(33-17)27-18-12-19(26-15(2)25-18)30-8-6-29(7-9-30)10-11-31;8-6(9)5-2-1-3-7-4-5/h3-5,12-13,31H,6-11H2,1-2H3,(H,28,32)(H,24,25,26,27);1-4H,(H,8,9)/p-1. The summed E-state index contributed by atoms with van der Waals surface area (Å²) in [6.07, 6.45) is 4.28. The molecular formula is C28H30ClN8O4S-. The molecule has 1 fully saturated rings. The van der Waals surface area contributed by atoms with E-state index in [1.165, 1.54) is 36.0 Å². The third-order valence-electron chi connectivity index (χ3n) is 6.26. The number of pyridine rings is 1. The fourth-order valence-corrected chi connectivity index (χ4v) is 5.10. The number of carbonyl (C=O) groups excluding carboxylic acids is 2. The van der Waals surface area contributed by atoms with Gasteiger partial charge in [-0.2, -0.15) is 0 Å². The Kier molecular flexibility index (Phi) is 10.7. The fraction of sp³-hybridized carbons (Fsp3) is 0.286. The Hall–Kier alpha value is -4.17. The molecule has 0 saturated carbocycles. The summed E-state index contributed by atoms with van der Waals surface area (Å²) < 4.78 is 0. The second-order valence-corrected chi connectivity index (χ2v) is 10.7. The molecule has 1 aliphatic heterocycles. The van der Waals surface area contributed by atoms with Crippen LogP contribution < -0.4 is 20.6 Å². The molecule has 14 heteroatoms. The Bertz CT molecular complexity index is 1490. The quantitative estimate of drug-likeness (QED) is 0.269. The number of para-hydroxylation sites is 1. The maximum Gasteiger partial charge on any atom is 0.267 e. The first kappa shape index (κ1) is 30.8. The number of aryl methyl sites for hydroxylation is 2. The van der Waals surface area contributed by atoms with Gasteiger partial charge in [-0.1, -0.05) is 41.1 Å². The Labute approximate surface area is 252 Å². The summed E-state index contributed by atoms with van der Waals surface area (Å²) in [6, 6.07) is 10.3. The number of hydrogen-bond donors (Lipinski definition) is 3. The van der Waals surface area contributed by atoms with E-state index in [4.69, 9.17) is 16.7 Å². The molecule has 42 heavy (non-hydrogen) atoms. The first-order valence-corrected chi connectivity index (χ1v) is 14.3. The van der Waals surface area contributed by atoms with Gasteiger partial charge in [-0.15, -0.1) is 0 Å². The number of amides is 1. The van der Waals surface area contributed by atoms with Gasteiger partial charge in [-0.3, -0.25) is 14.7 Å². The Morgan fingerprint density at radius 3 is 2.52 bits per heavy atom. The van der Waals surface area contributed by atoms with E-state index in [0.29, 0.717) is 38.9 Å². The molecule has 1 aliphatic rings. The van der Waals surface area contributed by atoms with Crippen LogP contribution in [-0.2, 0) is 0 Å². The van der Waals surface area contributed by atoms with E-state index in [1.807, 2.05) is 32.0 Å². The Morgan fingerprint density at radius 1 is 1.10 bits per heavy atom. The van der Waals surface area contributed by atoms with Gasteiger partial charge in [0.05, 0.1) is 29.5 Å². The SMILES string of the molecule is Cc1nc(Nc2ncc(C(=O)Nc3c(C)cccc3Cl)s2)cc(N2CCN(CCO)CC2)n1.O=C([O-])c1cccnc1. The summed E-state index contributed by atoms with van der Waals surface area (Å²) in [4.78, 5) is 44.6. The van der Waals surface area contributed by atoms with E-state index in [-0.39, 0.29) is 18.1 Å².